The second kappa shape index (κ2) is 8.24. The average Bonchev–Trinajstić information content (AvgIpc) is 2.83. The van der Waals surface area contributed by atoms with E-state index in [-0.39, 0.29) is 0 Å². The highest BCUT2D eigenvalue weighted by atomic mass is 15.0. The van der Waals surface area contributed by atoms with Crippen molar-refractivity contribution in [2.24, 2.45) is 0 Å². The summed E-state index contributed by atoms with van der Waals surface area (Å²) < 4.78 is 0. The third-order valence-electron chi connectivity index (χ3n) is 5.11. The van der Waals surface area contributed by atoms with Crippen LogP contribution in [0.1, 0.15) is 11.5 Å². The highest BCUT2D eigenvalue weighted by Gasteiger charge is 2.15. The Morgan fingerprint density at radius 3 is 2.52 bits per heavy atom. The molecule has 5 heteroatoms. The molecule has 0 saturated carbocycles. The van der Waals surface area contributed by atoms with Crippen LogP contribution in [0.2, 0.25) is 0 Å². The first kappa shape index (κ1) is 18.8. The number of benzene rings is 2. The Balaban J connectivity index is 1.65. The van der Waals surface area contributed by atoms with E-state index in [0.717, 1.165) is 44.8 Å². The SMILES string of the molecule is C=C1C=CC(c2nc(NCc3ccccn3)c3c(-c4ccccc4)cccc3n2)=CN1. The van der Waals surface area contributed by atoms with Gasteiger partial charge in [0.25, 0.3) is 0 Å². The van der Waals surface area contributed by atoms with Crippen LogP contribution in [0.3, 0.4) is 0 Å². The van der Waals surface area contributed by atoms with Gasteiger partial charge in [-0.1, -0.05) is 55.1 Å². The Morgan fingerprint density at radius 1 is 0.871 bits per heavy atom. The third-order valence-corrected chi connectivity index (χ3v) is 5.11. The summed E-state index contributed by atoms with van der Waals surface area (Å²) in [5, 5.41) is 7.63. The van der Waals surface area contributed by atoms with Gasteiger partial charge in [-0.15, -0.1) is 0 Å². The number of pyridine rings is 1. The molecule has 5 nitrogen and oxygen atoms in total. The lowest BCUT2D eigenvalue weighted by Crippen LogP contribution is -2.10. The van der Waals surface area contributed by atoms with Gasteiger partial charge in [-0.05, 0) is 41.5 Å². The largest absolute Gasteiger partial charge is 0.364 e. The van der Waals surface area contributed by atoms with E-state index in [1.165, 1.54) is 0 Å². The van der Waals surface area contributed by atoms with Gasteiger partial charge in [0.2, 0.25) is 0 Å². The smallest absolute Gasteiger partial charge is 0.163 e. The summed E-state index contributed by atoms with van der Waals surface area (Å²) >= 11 is 0. The molecule has 3 heterocycles. The molecule has 0 fully saturated rings. The van der Waals surface area contributed by atoms with Crippen LogP contribution in [-0.4, -0.2) is 15.0 Å². The van der Waals surface area contributed by atoms with Crippen molar-refractivity contribution in [2.45, 2.75) is 6.54 Å². The van der Waals surface area contributed by atoms with Crippen LogP contribution in [0.4, 0.5) is 5.82 Å². The molecule has 4 aromatic rings. The van der Waals surface area contributed by atoms with Crippen molar-refractivity contribution in [1.29, 1.82) is 0 Å². The standard InChI is InChI=1S/C26H21N5/c1-18-13-14-20(16-28-18)25-30-23-12-7-11-22(19-8-3-2-4-9-19)24(23)26(31-25)29-17-21-10-5-6-15-27-21/h2-16,28H,1,17H2,(H,29,30,31). The number of hydrogen-bond donors (Lipinski definition) is 2. The van der Waals surface area contributed by atoms with Crippen LogP contribution >= 0.6 is 0 Å². The monoisotopic (exact) mass is 403 g/mol. The maximum absolute atomic E-state index is 4.91. The molecule has 0 aliphatic carbocycles. The maximum Gasteiger partial charge on any atom is 0.163 e. The van der Waals surface area contributed by atoms with Crippen molar-refractivity contribution in [1.82, 2.24) is 20.3 Å². The lowest BCUT2D eigenvalue weighted by Gasteiger charge is -2.16. The minimum Gasteiger partial charge on any atom is -0.364 e. The van der Waals surface area contributed by atoms with Crippen LogP contribution in [0.5, 0.6) is 0 Å². The first-order chi connectivity index (χ1) is 15.3. The second-order valence-electron chi connectivity index (χ2n) is 7.24. The van der Waals surface area contributed by atoms with Crippen molar-refractivity contribution in [3.05, 3.63) is 115 Å². The zero-order chi connectivity index (χ0) is 21.0. The van der Waals surface area contributed by atoms with Gasteiger partial charge < -0.3 is 10.6 Å². The van der Waals surface area contributed by atoms with E-state index in [1.807, 2.05) is 66.9 Å². The van der Waals surface area contributed by atoms with Crippen LogP contribution in [0, 0.1) is 0 Å². The first-order valence-electron chi connectivity index (χ1n) is 10.1. The minimum atomic E-state index is 0.569. The van der Waals surface area contributed by atoms with Gasteiger partial charge in [-0.3, -0.25) is 4.98 Å². The molecule has 0 bridgehead atoms. The number of rotatable bonds is 5. The van der Waals surface area contributed by atoms with Crippen molar-refractivity contribution in [2.75, 3.05) is 5.32 Å². The van der Waals surface area contributed by atoms with E-state index in [0.29, 0.717) is 12.4 Å². The highest BCUT2D eigenvalue weighted by molar-refractivity contribution is 6.02. The lowest BCUT2D eigenvalue weighted by molar-refractivity contribution is 1.02. The number of nitrogens with one attached hydrogen (secondary N) is 2. The molecule has 1 aliphatic heterocycles. The molecule has 2 aromatic carbocycles. The number of dihydropyridines is 1. The van der Waals surface area contributed by atoms with Crippen LogP contribution in [0.25, 0.3) is 27.6 Å². The molecule has 1 aliphatic rings. The summed E-state index contributed by atoms with van der Waals surface area (Å²) in [4.78, 5) is 14.2. The predicted octanol–water partition coefficient (Wildman–Crippen LogP) is 5.32. The van der Waals surface area contributed by atoms with E-state index in [9.17, 15) is 0 Å². The fourth-order valence-electron chi connectivity index (χ4n) is 3.57. The number of hydrogen-bond acceptors (Lipinski definition) is 5. The summed E-state index contributed by atoms with van der Waals surface area (Å²) in [5.41, 5.74) is 5.79. The molecule has 5 rings (SSSR count). The van der Waals surface area contributed by atoms with Crippen LogP contribution < -0.4 is 10.6 Å². The van der Waals surface area contributed by atoms with E-state index in [4.69, 9.17) is 9.97 Å². The fourth-order valence-corrected chi connectivity index (χ4v) is 3.57. The second-order valence-corrected chi connectivity index (χ2v) is 7.24. The highest BCUT2D eigenvalue weighted by Crippen LogP contribution is 2.33. The number of fused-ring (bicyclic) bond motifs is 1. The van der Waals surface area contributed by atoms with Gasteiger partial charge >= 0.3 is 0 Å². The summed E-state index contributed by atoms with van der Waals surface area (Å²) in [6, 6.07) is 22.4. The Hall–Kier alpha value is -4.25. The van der Waals surface area contributed by atoms with E-state index in [1.54, 1.807) is 6.20 Å². The van der Waals surface area contributed by atoms with Gasteiger partial charge in [0.1, 0.15) is 5.82 Å². The summed E-state index contributed by atoms with van der Waals surface area (Å²) in [7, 11) is 0. The van der Waals surface area contributed by atoms with Crippen LogP contribution in [-0.2, 0) is 6.54 Å². The molecule has 0 unspecified atom stereocenters. The lowest BCUT2D eigenvalue weighted by atomic mass is 10.0. The fraction of sp³-hybridized carbons (Fsp3) is 0.0385. The Kier molecular flexibility index (Phi) is 4.99. The first-order valence-corrected chi connectivity index (χ1v) is 10.1. The van der Waals surface area contributed by atoms with E-state index < -0.39 is 0 Å². The topological polar surface area (TPSA) is 62.7 Å². The van der Waals surface area contributed by atoms with E-state index >= 15 is 0 Å². The maximum atomic E-state index is 4.91. The zero-order valence-electron chi connectivity index (χ0n) is 16.9. The number of nitrogens with zero attached hydrogens (tertiary/aromatic N) is 3. The number of allylic oxidation sites excluding steroid dienone is 3. The summed E-state index contributed by atoms with van der Waals surface area (Å²) in [6.45, 7) is 4.48. The molecule has 2 aromatic heterocycles. The molecule has 0 atom stereocenters. The molecule has 0 spiro atoms. The van der Waals surface area contributed by atoms with Crippen molar-refractivity contribution in [3.8, 4) is 11.1 Å². The Bertz CT molecular complexity index is 1310. The molecule has 0 radical (unpaired) electrons. The Labute approximate surface area is 180 Å². The molecule has 0 amide bonds. The summed E-state index contributed by atoms with van der Waals surface area (Å²) in [6.07, 6.45) is 7.58. The van der Waals surface area contributed by atoms with Gasteiger partial charge in [-0.25, -0.2) is 9.97 Å². The van der Waals surface area contributed by atoms with Crippen molar-refractivity contribution in [3.63, 3.8) is 0 Å². The average molecular weight is 403 g/mol. The Morgan fingerprint density at radius 2 is 1.74 bits per heavy atom. The van der Waals surface area contributed by atoms with E-state index in [2.05, 4.69) is 40.4 Å². The molecule has 150 valence electrons. The molecule has 31 heavy (non-hydrogen) atoms. The van der Waals surface area contributed by atoms with Gasteiger partial charge in [-0.2, -0.15) is 0 Å². The van der Waals surface area contributed by atoms with Crippen LogP contribution in [0.15, 0.2) is 104 Å². The van der Waals surface area contributed by atoms with Gasteiger partial charge in [0.05, 0.1) is 23.1 Å². The quantitative estimate of drug-likeness (QED) is 0.472. The minimum absolute atomic E-state index is 0.569. The normalized spacial score (nSPS) is 13.0. The number of aromatic nitrogens is 3. The molecule has 0 saturated heterocycles. The molecule has 2 N–H and O–H groups in total. The number of anilines is 1. The third kappa shape index (κ3) is 3.94. The van der Waals surface area contributed by atoms with Crippen molar-refractivity contribution >= 4 is 22.3 Å². The van der Waals surface area contributed by atoms with Gasteiger partial charge in [0.15, 0.2) is 5.82 Å². The zero-order valence-corrected chi connectivity index (χ0v) is 16.9. The summed E-state index contributed by atoms with van der Waals surface area (Å²) in [5.74, 6) is 1.43. The predicted molar refractivity (Wildman–Crippen MR) is 126 cm³/mol. The van der Waals surface area contributed by atoms with Crippen molar-refractivity contribution < 1.29 is 0 Å². The molecular formula is C26H21N5. The van der Waals surface area contributed by atoms with Gasteiger partial charge in [0, 0.05) is 23.7 Å². The molecular weight excluding hydrogens is 382 g/mol.